The van der Waals surface area contributed by atoms with Gasteiger partial charge in [-0.25, -0.2) is 5.01 Å². The number of hydrogen-bond donors (Lipinski definition) is 0. The van der Waals surface area contributed by atoms with Gasteiger partial charge < -0.3 is 4.74 Å². The van der Waals surface area contributed by atoms with Crippen LogP contribution in [-0.4, -0.2) is 42.2 Å². The molecule has 1 unspecified atom stereocenters. The van der Waals surface area contributed by atoms with Gasteiger partial charge in [0.2, 0.25) is 0 Å². The molecule has 164 valence electrons. The molecule has 1 heterocycles. The van der Waals surface area contributed by atoms with E-state index < -0.39 is 0 Å². The van der Waals surface area contributed by atoms with Crippen molar-refractivity contribution in [1.82, 2.24) is 9.91 Å². The van der Waals surface area contributed by atoms with Crippen LogP contribution in [0.15, 0.2) is 84.0 Å². The second-order valence-corrected chi connectivity index (χ2v) is 8.31. The first-order valence-electron chi connectivity index (χ1n) is 10.9. The standard InChI is InChI=1S/C27H29N3O2/c1-20-9-7-12-22(15-20)25-17-26(23-13-8-14-24(16-23)32-3)30(28-25)27(31)19-29(2)18-21-10-5-4-6-11-21/h4-16,26H,17-19H2,1-3H3. The molecule has 1 aliphatic heterocycles. The van der Waals surface area contributed by atoms with Gasteiger partial charge in [-0.15, -0.1) is 0 Å². The van der Waals surface area contributed by atoms with Crippen LogP contribution in [0.25, 0.3) is 0 Å². The fraction of sp³-hybridized carbons (Fsp3) is 0.259. The lowest BCUT2D eigenvalue weighted by Crippen LogP contribution is -2.36. The van der Waals surface area contributed by atoms with Crippen molar-refractivity contribution >= 4 is 11.6 Å². The van der Waals surface area contributed by atoms with E-state index >= 15 is 0 Å². The molecular weight excluding hydrogens is 398 g/mol. The van der Waals surface area contributed by atoms with E-state index in [4.69, 9.17) is 9.84 Å². The molecule has 0 N–H and O–H groups in total. The van der Waals surface area contributed by atoms with Crippen LogP contribution in [-0.2, 0) is 11.3 Å². The fourth-order valence-electron chi connectivity index (χ4n) is 4.10. The Kier molecular flexibility index (Phi) is 6.66. The van der Waals surface area contributed by atoms with E-state index in [-0.39, 0.29) is 11.9 Å². The highest BCUT2D eigenvalue weighted by molar-refractivity contribution is 6.03. The van der Waals surface area contributed by atoms with Gasteiger partial charge in [-0.05, 0) is 42.8 Å². The molecule has 0 bridgehead atoms. The summed E-state index contributed by atoms with van der Waals surface area (Å²) in [4.78, 5) is 15.4. The number of carbonyl (C=O) groups excluding carboxylic acids is 1. The van der Waals surface area contributed by atoms with Crippen molar-refractivity contribution in [2.45, 2.75) is 25.9 Å². The molecule has 3 aromatic carbocycles. The van der Waals surface area contributed by atoms with E-state index in [1.807, 2.05) is 60.5 Å². The number of hydrogen-bond acceptors (Lipinski definition) is 4. The molecule has 0 aromatic heterocycles. The summed E-state index contributed by atoms with van der Waals surface area (Å²) < 4.78 is 5.42. The van der Waals surface area contributed by atoms with Gasteiger partial charge in [0.05, 0.1) is 25.4 Å². The Hall–Kier alpha value is -3.44. The maximum Gasteiger partial charge on any atom is 0.257 e. The number of methoxy groups -OCH3 is 1. The molecule has 1 atom stereocenters. The summed E-state index contributed by atoms with van der Waals surface area (Å²) in [6.45, 7) is 3.07. The maximum absolute atomic E-state index is 13.4. The van der Waals surface area contributed by atoms with Crippen molar-refractivity contribution in [1.29, 1.82) is 0 Å². The minimum atomic E-state index is -0.154. The lowest BCUT2D eigenvalue weighted by atomic mass is 9.97. The molecular formula is C27H29N3O2. The minimum Gasteiger partial charge on any atom is -0.497 e. The van der Waals surface area contributed by atoms with Crippen molar-refractivity contribution in [3.05, 3.63) is 101 Å². The third kappa shape index (κ3) is 5.06. The minimum absolute atomic E-state index is 0.0149. The SMILES string of the molecule is COc1cccc(C2CC(c3cccc(C)c3)=NN2C(=O)CN(C)Cc2ccccc2)c1. The third-order valence-electron chi connectivity index (χ3n) is 5.70. The summed E-state index contributed by atoms with van der Waals surface area (Å²) in [6, 6.07) is 26.2. The van der Waals surface area contributed by atoms with Crippen LogP contribution in [0.3, 0.4) is 0 Å². The number of likely N-dealkylation sites (N-methyl/N-ethyl adjacent to an activating group) is 1. The highest BCUT2D eigenvalue weighted by atomic mass is 16.5. The molecule has 0 saturated heterocycles. The van der Waals surface area contributed by atoms with Crippen molar-refractivity contribution < 1.29 is 9.53 Å². The number of ether oxygens (including phenoxy) is 1. The highest BCUT2D eigenvalue weighted by Crippen LogP contribution is 2.34. The molecule has 0 spiro atoms. The van der Waals surface area contributed by atoms with Crippen LogP contribution >= 0.6 is 0 Å². The van der Waals surface area contributed by atoms with Crippen molar-refractivity contribution in [2.24, 2.45) is 5.10 Å². The van der Waals surface area contributed by atoms with Gasteiger partial charge in [-0.3, -0.25) is 9.69 Å². The number of rotatable bonds is 7. The van der Waals surface area contributed by atoms with Gasteiger partial charge in [0, 0.05) is 13.0 Å². The van der Waals surface area contributed by atoms with Gasteiger partial charge in [0.25, 0.3) is 5.91 Å². The molecule has 1 amide bonds. The Morgan fingerprint density at radius 1 is 1.06 bits per heavy atom. The van der Waals surface area contributed by atoms with E-state index in [2.05, 4.69) is 37.3 Å². The van der Waals surface area contributed by atoms with Gasteiger partial charge in [0.1, 0.15) is 5.75 Å². The van der Waals surface area contributed by atoms with Gasteiger partial charge in [0.15, 0.2) is 0 Å². The average molecular weight is 428 g/mol. The van der Waals surface area contributed by atoms with Crippen molar-refractivity contribution in [3.8, 4) is 5.75 Å². The van der Waals surface area contributed by atoms with Crippen molar-refractivity contribution in [2.75, 3.05) is 20.7 Å². The molecule has 0 radical (unpaired) electrons. The molecule has 4 rings (SSSR count). The van der Waals surface area contributed by atoms with Crippen LogP contribution in [0.2, 0.25) is 0 Å². The van der Waals surface area contributed by atoms with E-state index in [1.54, 1.807) is 12.1 Å². The van der Waals surface area contributed by atoms with Gasteiger partial charge >= 0.3 is 0 Å². The molecule has 5 heteroatoms. The molecule has 1 aliphatic rings. The van der Waals surface area contributed by atoms with Gasteiger partial charge in [-0.1, -0.05) is 72.3 Å². The Morgan fingerprint density at radius 2 is 1.84 bits per heavy atom. The van der Waals surface area contributed by atoms with E-state index in [9.17, 15) is 4.79 Å². The lowest BCUT2D eigenvalue weighted by Gasteiger charge is -2.25. The highest BCUT2D eigenvalue weighted by Gasteiger charge is 2.33. The number of aryl methyl sites for hydroxylation is 1. The second-order valence-electron chi connectivity index (χ2n) is 8.31. The molecule has 32 heavy (non-hydrogen) atoms. The maximum atomic E-state index is 13.4. The molecule has 0 fully saturated rings. The number of amides is 1. The first-order valence-corrected chi connectivity index (χ1v) is 10.9. The van der Waals surface area contributed by atoms with E-state index in [1.165, 1.54) is 11.1 Å². The second kappa shape index (κ2) is 9.79. The molecule has 3 aromatic rings. The fourth-order valence-corrected chi connectivity index (χ4v) is 4.10. The largest absolute Gasteiger partial charge is 0.497 e. The van der Waals surface area contributed by atoms with Crippen LogP contribution < -0.4 is 4.74 Å². The van der Waals surface area contributed by atoms with Gasteiger partial charge in [-0.2, -0.15) is 5.10 Å². The monoisotopic (exact) mass is 427 g/mol. The Balaban J connectivity index is 1.58. The number of hydrazone groups is 1. The average Bonchev–Trinajstić information content (AvgIpc) is 3.25. The van der Waals surface area contributed by atoms with Crippen LogP contribution in [0.4, 0.5) is 0 Å². The van der Waals surface area contributed by atoms with Crippen LogP contribution in [0.1, 0.15) is 34.7 Å². The zero-order valence-electron chi connectivity index (χ0n) is 18.9. The summed E-state index contributed by atoms with van der Waals surface area (Å²) in [5.41, 5.74) is 5.37. The summed E-state index contributed by atoms with van der Waals surface area (Å²) in [6.07, 6.45) is 0.671. The quantitative estimate of drug-likeness (QED) is 0.543. The smallest absolute Gasteiger partial charge is 0.257 e. The first kappa shape index (κ1) is 21.8. The van der Waals surface area contributed by atoms with Crippen LogP contribution in [0.5, 0.6) is 5.75 Å². The normalized spacial score (nSPS) is 15.7. The van der Waals surface area contributed by atoms with E-state index in [0.29, 0.717) is 19.5 Å². The lowest BCUT2D eigenvalue weighted by molar-refractivity contribution is -0.134. The Morgan fingerprint density at radius 3 is 2.59 bits per heavy atom. The zero-order chi connectivity index (χ0) is 22.5. The number of benzene rings is 3. The molecule has 5 nitrogen and oxygen atoms in total. The molecule has 0 aliphatic carbocycles. The molecule has 0 saturated carbocycles. The predicted molar refractivity (Wildman–Crippen MR) is 128 cm³/mol. The Labute approximate surface area is 189 Å². The van der Waals surface area contributed by atoms with E-state index in [0.717, 1.165) is 22.6 Å². The number of nitrogens with zero attached hydrogens (tertiary/aromatic N) is 3. The Bertz CT molecular complexity index is 1110. The predicted octanol–water partition coefficient (Wildman–Crippen LogP) is 4.81. The summed E-state index contributed by atoms with van der Waals surface area (Å²) >= 11 is 0. The zero-order valence-corrected chi connectivity index (χ0v) is 18.9. The van der Waals surface area contributed by atoms with Crippen molar-refractivity contribution in [3.63, 3.8) is 0 Å². The summed E-state index contributed by atoms with van der Waals surface area (Å²) in [5.74, 6) is 0.763. The summed E-state index contributed by atoms with van der Waals surface area (Å²) in [7, 11) is 3.62. The first-order chi connectivity index (χ1) is 15.5. The summed E-state index contributed by atoms with van der Waals surface area (Å²) in [5, 5.41) is 6.47. The topological polar surface area (TPSA) is 45.1 Å². The third-order valence-corrected chi connectivity index (χ3v) is 5.70. The van der Waals surface area contributed by atoms with Crippen LogP contribution in [0, 0.1) is 6.92 Å². The number of carbonyl (C=O) groups is 1.